The van der Waals surface area contributed by atoms with Crippen molar-refractivity contribution in [1.82, 2.24) is 14.8 Å². The number of thiazole rings is 1. The number of carbonyl (C=O) groups excluding carboxylic acids is 1. The Bertz CT molecular complexity index is 1060. The largest absolute Gasteiger partial charge is 0.496 e. The summed E-state index contributed by atoms with van der Waals surface area (Å²) in [6, 6.07) is 17.2. The van der Waals surface area contributed by atoms with Crippen LogP contribution >= 0.6 is 11.3 Å². The molecule has 1 N–H and O–H groups in total. The third-order valence-electron chi connectivity index (χ3n) is 3.99. The average Bonchev–Trinajstić information content (AvgIpc) is 3.38. The minimum Gasteiger partial charge on any atom is -0.496 e. The zero-order valence-corrected chi connectivity index (χ0v) is 15.3. The van der Waals surface area contributed by atoms with Gasteiger partial charge in [-0.05, 0) is 24.3 Å². The number of carbonyl (C=O) groups is 1. The second-order valence-corrected chi connectivity index (χ2v) is 6.56. The fourth-order valence-corrected chi connectivity index (χ4v) is 3.27. The second-order valence-electron chi connectivity index (χ2n) is 5.66. The summed E-state index contributed by atoms with van der Waals surface area (Å²) in [7, 11) is 1.60. The number of hydrogen-bond donors (Lipinski definition) is 1. The summed E-state index contributed by atoms with van der Waals surface area (Å²) >= 11 is 1.36. The number of nitrogens with zero attached hydrogens (tertiary/aromatic N) is 3. The van der Waals surface area contributed by atoms with E-state index < -0.39 is 0 Å². The molecule has 0 bridgehead atoms. The van der Waals surface area contributed by atoms with Crippen molar-refractivity contribution in [3.05, 3.63) is 77.9 Å². The Hall–Kier alpha value is -3.45. The third kappa shape index (κ3) is 3.45. The lowest BCUT2D eigenvalue weighted by Gasteiger charge is -2.07. The minimum atomic E-state index is -0.270. The molecule has 0 fully saturated rings. The molecule has 0 atom stereocenters. The molecular formula is C20H16N4O2S. The highest BCUT2D eigenvalue weighted by Crippen LogP contribution is 2.32. The third-order valence-corrected chi connectivity index (χ3v) is 4.68. The van der Waals surface area contributed by atoms with E-state index in [2.05, 4.69) is 15.4 Å². The Balaban J connectivity index is 1.82. The first kappa shape index (κ1) is 17.0. The predicted octanol–water partition coefficient (Wildman–Crippen LogP) is 4.26. The monoisotopic (exact) mass is 376 g/mol. The molecule has 0 spiro atoms. The van der Waals surface area contributed by atoms with Gasteiger partial charge in [-0.2, -0.15) is 5.10 Å². The normalized spacial score (nSPS) is 10.6. The van der Waals surface area contributed by atoms with Crippen LogP contribution in [-0.4, -0.2) is 27.8 Å². The van der Waals surface area contributed by atoms with Crippen LogP contribution in [0.2, 0.25) is 0 Å². The summed E-state index contributed by atoms with van der Waals surface area (Å²) in [5.74, 6) is 0.382. The Morgan fingerprint density at radius 3 is 2.63 bits per heavy atom. The number of amides is 1. The molecule has 0 aliphatic rings. The van der Waals surface area contributed by atoms with E-state index in [4.69, 9.17) is 4.74 Å². The first-order valence-electron chi connectivity index (χ1n) is 8.25. The number of aromatic nitrogens is 3. The van der Waals surface area contributed by atoms with Crippen LogP contribution in [0.15, 0.2) is 72.4 Å². The lowest BCUT2D eigenvalue weighted by Crippen LogP contribution is -2.12. The standard InChI is InChI=1S/C20H16N4O2S/c1-26-17-10-6-5-9-15(17)18-16(19(25)22-20-21-11-12-27-20)13-24(23-18)14-7-3-2-4-8-14/h2-13H,1H3,(H,21,22,25). The smallest absolute Gasteiger partial charge is 0.261 e. The maximum Gasteiger partial charge on any atom is 0.261 e. The lowest BCUT2D eigenvalue weighted by atomic mass is 10.1. The van der Waals surface area contributed by atoms with Gasteiger partial charge in [0.1, 0.15) is 11.4 Å². The van der Waals surface area contributed by atoms with Crippen LogP contribution in [0.5, 0.6) is 5.75 Å². The van der Waals surface area contributed by atoms with Crippen molar-refractivity contribution in [3.63, 3.8) is 0 Å². The van der Waals surface area contributed by atoms with Gasteiger partial charge in [-0.25, -0.2) is 9.67 Å². The van der Waals surface area contributed by atoms with E-state index in [-0.39, 0.29) is 5.91 Å². The van der Waals surface area contributed by atoms with Crippen molar-refractivity contribution in [2.24, 2.45) is 0 Å². The van der Waals surface area contributed by atoms with Crippen LogP contribution < -0.4 is 10.1 Å². The predicted molar refractivity (Wildman–Crippen MR) is 106 cm³/mol. The summed E-state index contributed by atoms with van der Waals surface area (Å²) in [6.07, 6.45) is 3.37. The first-order chi connectivity index (χ1) is 13.3. The van der Waals surface area contributed by atoms with Crippen LogP contribution in [0.3, 0.4) is 0 Å². The molecule has 2 aromatic carbocycles. The molecule has 27 heavy (non-hydrogen) atoms. The highest BCUT2D eigenvalue weighted by Gasteiger charge is 2.21. The number of rotatable bonds is 5. The van der Waals surface area contributed by atoms with Gasteiger partial charge >= 0.3 is 0 Å². The molecular weight excluding hydrogens is 360 g/mol. The van der Waals surface area contributed by atoms with E-state index in [9.17, 15) is 4.79 Å². The molecule has 4 rings (SSSR count). The van der Waals surface area contributed by atoms with Gasteiger partial charge in [0.15, 0.2) is 5.13 Å². The average molecular weight is 376 g/mol. The first-order valence-corrected chi connectivity index (χ1v) is 9.13. The lowest BCUT2D eigenvalue weighted by molar-refractivity contribution is 0.102. The highest BCUT2D eigenvalue weighted by atomic mass is 32.1. The van der Waals surface area contributed by atoms with Crippen LogP contribution in [-0.2, 0) is 0 Å². The second kappa shape index (κ2) is 7.43. The number of nitrogens with one attached hydrogen (secondary N) is 1. The highest BCUT2D eigenvalue weighted by molar-refractivity contribution is 7.13. The van der Waals surface area contributed by atoms with Crippen LogP contribution in [0.25, 0.3) is 16.9 Å². The van der Waals surface area contributed by atoms with E-state index in [1.165, 1.54) is 11.3 Å². The molecule has 6 nitrogen and oxygen atoms in total. The number of benzene rings is 2. The number of ether oxygens (including phenoxy) is 1. The van der Waals surface area contributed by atoms with E-state index >= 15 is 0 Å². The van der Waals surface area contributed by atoms with Gasteiger partial charge in [0.2, 0.25) is 0 Å². The summed E-state index contributed by atoms with van der Waals surface area (Å²) in [5, 5.41) is 9.84. The van der Waals surface area contributed by atoms with Gasteiger partial charge in [-0.15, -0.1) is 11.3 Å². The summed E-state index contributed by atoms with van der Waals surface area (Å²) in [5.41, 5.74) is 2.60. The van der Waals surface area contributed by atoms with Crippen molar-refractivity contribution >= 4 is 22.4 Å². The van der Waals surface area contributed by atoms with Crippen molar-refractivity contribution in [2.75, 3.05) is 12.4 Å². The number of para-hydroxylation sites is 2. The molecule has 0 saturated carbocycles. The van der Waals surface area contributed by atoms with Crippen LogP contribution in [0.1, 0.15) is 10.4 Å². The van der Waals surface area contributed by atoms with Gasteiger partial charge in [0.25, 0.3) is 5.91 Å². The van der Waals surface area contributed by atoms with E-state index in [1.807, 2.05) is 60.0 Å². The van der Waals surface area contributed by atoms with Gasteiger partial charge in [-0.3, -0.25) is 10.1 Å². The van der Waals surface area contributed by atoms with Crippen molar-refractivity contribution < 1.29 is 9.53 Å². The number of hydrogen-bond acceptors (Lipinski definition) is 5. The molecule has 0 radical (unpaired) electrons. The molecule has 2 aromatic heterocycles. The molecule has 134 valence electrons. The van der Waals surface area contributed by atoms with E-state index in [0.29, 0.717) is 22.1 Å². The van der Waals surface area contributed by atoms with Gasteiger partial charge in [0.05, 0.1) is 18.4 Å². The summed E-state index contributed by atoms with van der Waals surface area (Å²) < 4.78 is 7.16. The molecule has 1 amide bonds. The Kier molecular flexibility index (Phi) is 4.67. The molecule has 4 aromatic rings. The van der Waals surface area contributed by atoms with Crippen LogP contribution in [0.4, 0.5) is 5.13 Å². The fourth-order valence-electron chi connectivity index (χ4n) is 2.74. The topological polar surface area (TPSA) is 69.0 Å². The van der Waals surface area contributed by atoms with Crippen molar-refractivity contribution in [2.45, 2.75) is 0 Å². The van der Waals surface area contributed by atoms with E-state index in [1.54, 1.807) is 24.2 Å². The number of anilines is 1. The maximum atomic E-state index is 12.9. The van der Waals surface area contributed by atoms with Crippen molar-refractivity contribution in [1.29, 1.82) is 0 Å². The Morgan fingerprint density at radius 1 is 1.11 bits per heavy atom. The molecule has 2 heterocycles. The summed E-state index contributed by atoms with van der Waals surface area (Å²) in [4.78, 5) is 17.0. The molecule has 7 heteroatoms. The maximum absolute atomic E-state index is 12.9. The molecule has 0 unspecified atom stereocenters. The quantitative estimate of drug-likeness (QED) is 0.565. The number of methoxy groups -OCH3 is 1. The fraction of sp³-hybridized carbons (Fsp3) is 0.0500. The Morgan fingerprint density at radius 2 is 1.89 bits per heavy atom. The SMILES string of the molecule is COc1ccccc1-c1nn(-c2ccccc2)cc1C(=O)Nc1nccs1. The zero-order chi connectivity index (χ0) is 18.6. The minimum absolute atomic E-state index is 0.270. The zero-order valence-electron chi connectivity index (χ0n) is 14.5. The Labute approximate surface area is 160 Å². The molecule has 0 saturated heterocycles. The van der Waals surface area contributed by atoms with E-state index in [0.717, 1.165) is 11.3 Å². The van der Waals surface area contributed by atoms with Gasteiger partial charge < -0.3 is 4.74 Å². The summed E-state index contributed by atoms with van der Waals surface area (Å²) in [6.45, 7) is 0. The van der Waals surface area contributed by atoms with Crippen molar-refractivity contribution in [3.8, 4) is 22.7 Å². The molecule has 0 aliphatic carbocycles. The molecule has 0 aliphatic heterocycles. The van der Waals surface area contributed by atoms with Gasteiger partial charge in [0, 0.05) is 23.3 Å². The van der Waals surface area contributed by atoms with Gasteiger partial charge in [-0.1, -0.05) is 30.3 Å². The van der Waals surface area contributed by atoms with Crippen LogP contribution in [0, 0.1) is 0 Å².